The summed E-state index contributed by atoms with van der Waals surface area (Å²) >= 11 is 5.75. The monoisotopic (exact) mass is 379 g/mol. The van der Waals surface area contributed by atoms with E-state index in [1.807, 2.05) is 0 Å². The third kappa shape index (κ3) is 4.27. The molecule has 9 heteroatoms. The molecule has 0 fully saturated rings. The van der Waals surface area contributed by atoms with E-state index in [-0.39, 0.29) is 5.02 Å². The number of rotatable bonds is 5. The van der Waals surface area contributed by atoms with Crippen LogP contribution < -0.4 is 4.72 Å². The van der Waals surface area contributed by atoms with Crippen LogP contribution in [0.5, 0.6) is 0 Å². The number of sulfonamides is 1. The van der Waals surface area contributed by atoms with Gasteiger partial charge in [0.1, 0.15) is 4.90 Å². The Bertz CT molecular complexity index is 810. The Balaban J connectivity index is 2.40. The van der Waals surface area contributed by atoms with E-state index >= 15 is 0 Å². The van der Waals surface area contributed by atoms with Gasteiger partial charge in [0.2, 0.25) is 10.0 Å². The average molecular weight is 380 g/mol. The summed E-state index contributed by atoms with van der Waals surface area (Å²) in [5.74, 6) is 0. The zero-order valence-corrected chi connectivity index (χ0v) is 13.7. The second kappa shape index (κ2) is 7.10. The SMILES string of the molecule is O=S(=O)(NC(CO)c1ccccc1)c1cc(C(F)(F)F)ccc1Cl. The number of hydrogen-bond donors (Lipinski definition) is 2. The normalized spacial score (nSPS) is 13.7. The van der Waals surface area contributed by atoms with Crippen LogP contribution in [0, 0.1) is 0 Å². The van der Waals surface area contributed by atoms with Gasteiger partial charge in [-0.3, -0.25) is 0 Å². The Morgan fingerprint density at radius 1 is 1.12 bits per heavy atom. The van der Waals surface area contributed by atoms with Crippen LogP contribution in [0.1, 0.15) is 17.2 Å². The Morgan fingerprint density at radius 3 is 2.29 bits per heavy atom. The zero-order valence-electron chi connectivity index (χ0n) is 12.1. The molecule has 2 aromatic rings. The Kier molecular flexibility index (Phi) is 5.54. The molecule has 2 aromatic carbocycles. The molecule has 0 aromatic heterocycles. The highest BCUT2D eigenvalue weighted by Gasteiger charge is 2.33. The minimum Gasteiger partial charge on any atom is -0.394 e. The van der Waals surface area contributed by atoms with Gasteiger partial charge in [-0.25, -0.2) is 13.1 Å². The van der Waals surface area contributed by atoms with Gasteiger partial charge in [0, 0.05) is 0 Å². The fourth-order valence-corrected chi connectivity index (χ4v) is 3.77. The van der Waals surface area contributed by atoms with Crippen LogP contribution >= 0.6 is 11.6 Å². The van der Waals surface area contributed by atoms with Gasteiger partial charge in [-0.05, 0) is 23.8 Å². The van der Waals surface area contributed by atoms with Crippen LogP contribution in [0.3, 0.4) is 0 Å². The Hall–Kier alpha value is -1.61. The lowest BCUT2D eigenvalue weighted by Gasteiger charge is -2.18. The third-order valence-electron chi connectivity index (χ3n) is 3.23. The molecule has 130 valence electrons. The van der Waals surface area contributed by atoms with Crippen molar-refractivity contribution in [2.75, 3.05) is 6.61 Å². The Morgan fingerprint density at radius 2 is 1.75 bits per heavy atom. The smallest absolute Gasteiger partial charge is 0.394 e. The number of aliphatic hydroxyl groups is 1. The number of alkyl halides is 3. The van der Waals surface area contributed by atoms with Crippen LogP contribution in [0.2, 0.25) is 5.02 Å². The van der Waals surface area contributed by atoms with Crippen molar-refractivity contribution in [3.8, 4) is 0 Å². The van der Waals surface area contributed by atoms with E-state index in [1.165, 1.54) is 0 Å². The number of halogens is 4. The molecule has 0 spiro atoms. The molecule has 4 nitrogen and oxygen atoms in total. The van der Waals surface area contributed by atoms with E-state index in [4.69, 9.17) is 11.6 Å². The van der Waals surface area contributed by atoms with Crippen LogP contribution in [0.4, 0.5) is 13.2 Å². The van der Waals surface area contributed by atoms with E-state index < -0.39 is 39.3 Å². The van der Waals surface area contributed by atoms with Gasteiger partial charge < -0.3 is 5.11 Å². The standard InChI is InChI=1S/C15H13ClF3NO3S/c16-12-7-6-11(15(17,18)19)8-14(12)24(22,23)20-13(9-21)10-4-2-1-3-5-10/h1-8,13,20-21H,9H2. The van der Waals surface area contributed by atoms with E-state index in [0.29, 0.717) is 17.7 Å². The summed E-state index contributed by atoms with van der Waals surface area (Å²) in [5, 5.41) is 9.06. The molecule has 0 radical (unpaired) electrons. The molecule has 2 rings (SSSR count). The molecule has 1 unspecified atom stereocenters. The molecule has 0 aliphatic rings. The molecule has 2 N–H and O–H groups in total. The zero-order chi connectivity index (χ0) is 18.0. The predicted molar refractivity (Wildman–Crippen MR) is 83.0 cm³/mol. The van der Waals surface area contributed by atoms with Crippen molar-refractivity contribution in [1.82, 2.24) is 4.72 Å². The summed E-state index contributed by atoms with van der Waals surface area (Å²) in [6.07, 6.45) is -4.70. The van der Waals surface area contributed by atoms with Crippen molar-refractivity contribution in [2.24, 2.45) is 0 Å². The fourth-order valence-electron chi connectivity index (χ4n) is 2.03. The molecule has 0 aliphatic carbocycles. The summed E-state index contributed by atoms with van der Waals surface area (Å²) < 4.78 is 65.3. The van der Waals surface area contributed by atoms with E-state index in [2.05, 4.69) is 4.72 Å². The lowest BCUT2D eigenvalue weighted by Crippen LogP contribution is -2.31. The summed E-state index contributed by atoms with van der Waals surface area (Å²) in [6, 6.07) is 9.17. The topological polar surface area (TPSA) is 66.4 Å². The van der Waals surface area contributed by atoms with Crippen LogP contribution in [0.25, 0.3) is 0 Å². The van der Waals surface area contributed by atoms with Crippen LogP contribution in [0.15, 0.2) is 53.4 Å². The number of hydrogen-bond acceptors (Lipinski definition) is 3. The van der Waals surface area contributed by atoms with Crippen LogP contribution in [-0.2, 0) is 16.2 Å². The first kappa shape index (κ1) is 18.7. The Labute approximate surface area is 141 Å². The van der Waals surface area contributed by atoms with Crippen molar-refractivity contribution in [1.29, 1.82) is 0 Å². The minimum atomic E-state index is -4.70. The summed E-state index contributed by atoms with van der Waals surface area (Å²) in [7, 11) is -4.38. The number of nitrogens with one attached hydrogen (secondary N) is 1. The minimum absolute atomic E-state index is 0.347. The van der Waals surface area contributed by atoms with E-state index in [0.717, 1.165) is 6.07 Å². The highest BCUT2D eigenvalue weighted by molar-refractivity contribution is 7.89. The molecule has 0 aliphatic heterocycles. The van der Waals surface area contributed by atoms with Crippen molar-refractivity contribution < 1.29 is 26.7 Å². The molecule has 0 saturated heterocycles. The highest BCUT2D eigenvalue weighted by atomic mass is 35.5. The van der Waals surface area contributed by atoms with Gasteiger partial charge in [-0.1, -0.05) is 41.9 Å². The summed E-state index contributed by atoms with van der Waals surface area (Å²) in [6.45, 7) is -0.570. The van der Waals surface area contributed by atoms with Crippen molar-refractivity contribution in [3.05, 3.63) is 64.7 Å². The average Bonchev–Trinajstić information content (AvgIpc) is 2.52. The predicted octanol–water partition coefficient (Wildman–Crippen LogP) is 3.37. The maximum Gasteiger partial charge on any atom is 0.416 e. The van der Waals surface area contributed by atoms with Gasteiger partial charge in [0.25, 0.3) is 0 Å². The van der Waals surface area contributed by atoms with Gasteiger partial charge >= 0.3 is 6.18 Å². The highest BCUT2D eigenvalue weighted by Crippen LogP contribution is 2.33. The molecule has 0 saturated carbocycles. The lowest BCUT2D eigenvalue weighted by molar-refractivity contribution is -0.137. The maximum absolute atomic E-state index is 12.8. The molecule has 1 atom stereocenters. The van der Waals surface area contributed by atoms with Gasteiger partial charge in [0.15, 0.2) is 0 Å². The molecule has 24 heavy (non-hydrogen) atoms. The maximum atomic E-state index is 12.8. The second-order valence-corrected chi connectivity index (χ2v) is 7.00. The first-order valence-electron chi connectivity index (χ1n) is 6.70. The van der Waals surface area contributed by atoms with Gasteiger partial charge in [-0.2, -0.15) is 13.2 Å². The van der Waals surface area contributed by atoms with Crippen molar-refractivity contribution in [3.63, 3.8) is 0 Å². The second-order valence-electron chi connectivity index (χ2n) is 4.91. The van der Waals surface area contributed by atoms with Gasteiger partial charge in [-0.15, -0.1) is 0 Å². The quantitative estimate of drug-likeness (QED) is 0.837. The molecular formula is C15H13ClF3NO3S. The molecule has 0 bridgehead atoms. The first-order chi connectivity index (χ1) is 11.1. The van der Waals surface area contributed by atoms with Crippen LogP contribution in [-0.4, -0.2) is 20.1 Å². The fraction of sp³-hybridized carbons (Fsp3) is 0.200. The first-order valence-corrected chi connectivity index (χ1v) is 8.56. The van der Waals surface area contributed by atoms with Gasteiger partial charge in [0.05, 0.1) is 23.2 Å². The van der Waals surface area contributed by atoms with E-state index in [1.54, 1.807) is 30.3 Å². The molecular weight excluding hydrogens is 367 g/mol. The molecule has 0 heterocycles. The summed E-state index contributed by atoms with van der Waals surface area (Å²) in [5.41, 5.74) is -0.667. The largest absolute Gasteiger partial charge is 0.416 e. The third-order valence-corrected chi connectivity index (χ3v) is 5.18. The summed E-state index contributed by atoms with van der Waals surface area (Å²) in [4.78, 5) is -0.701. The lowest BCUT2D eigenvalue weighted by atomic mass is 10.1. The number of benzene rings is 2. The van der Waals surface area contributed by atoms with Crippen molar-refractivity contribution in [2.45, 2.75) is 17.1 Å². The molecule has 0 amide bonds. The van der Waals surface area contributed by atoms with E-state index in [9.17, 15) is 26.7 Å². The number of aliphatic hydroxyl groups excluding tert-OH is 1. The van der Waals surface area contributed by atoms with Crippen molar-refractivity contribution >= 4 is 21.6 Å².